The molecule has 0 unspecified atom stereocenters. The maximum absolute atomic E-state index is 13.6. The molecule has 3 aliphatic rings. The monoisotopic (exact) mass is 449 g/mol. The Morgan fingerprint density at radius 1 is 0.938 bits per heavy atom. The van der Waals surface area contributed by atoms with Gasteiger partial charge in [-0.15, -0.1) is 0 Å². The SMILES string of the molecule is O=C1C(=Cc2cccn2-c2ccc(O)cc2)SC(=NC2CCCCC2)N1C1CCCCC1. The van der Waals surface area contributed by atoms with Gasteiger partial charge in [-0.05, 0) is 79.9 Å². The maximum atomic E-state index is 13.6. The topological polar surface area (TPSA) is 57.8 Å². The average molecular weight is 450 g/mol. The molecule has 3 fully saturated rings. The van der Waals surface area contributed by atoms with Crippen LogP contribution in [0.25, 0.3) is 11.8 Å². The summed E-state index contributed by atoms with van der Waals surface area (Å²) in [5.41, 5.74) is 1.91. The number of aliphatic imine (C=N–C) groups is 1. The third kappa shape index (κ3) is 4.51. The largest absolute Gasteiger partial charge is 0.508 e. The Morgan fingerprint density at radius 2 is 1.62 bits per heavy atom. The summed E-state index contributed by atoms with van der Waals surface area (Å²) in [7, 11) is 0. The van der Waals surface area contributed by atoms with Crippen molar-refractivity contribution in [3.8, 4) is 11.4 Å². The first kappa shape index (κ1) is 21.4. The highest BCUT2D eigenvalue weighted by Gasteiger charge is 2.39. The number of aromatic nitrogens is 1. The van der Waals surface area contributed by atoms with Crippen molar-refractivity contribution in [3.05, 3.63) is 53.2 Å². The zero-order chi connectivity index (χ0) is 21.9. The van der Waals surface area contributed by atoms with E-state index in [0.717, 1.165) is 47.1 Å². The summed E-state index contributed by atoms with van der Waals surface area (Å²) in [5.74, 6) is 0.351. The molecule has 1 N–H and O–H groups in total. The number of phenolic OH excluding ortho intramolecular Hbond substituents is 1. The highest BCUT2D eigenvalue weighted by molar-refractivity contribution is 8.18. The van der Waals surface area contributed by atoms with E-state index in [4.69, 9.17) is 4.99 Å². The molecule has 6 heteroatoms. The lowest BCUT2D eigenvalue weighted by Crippen LogP contribution is -2.41. The van der Waals surface area contributed by atoms with E-state index in [1.165, 1.54) is 38.5 Å². The van der Waals surface area contributed by atoms with Gasteiger partial charge in [0.05, 0.1) is 10.9 Å². The molecule has 5 rings (SSSR count). The molecular weight excluding hydrogens is 418 g/mol. The Kier molecular flexibility index (Phi) is 6.39. The van der Waals surface area contributed by atoms with Crippen molar-refractivity contribution in [3.63, 3.8) is 0 Å². The van der Waals surface area contributed by atoms with Gasteiger partial charge >= 0.3 is 0 Å². The zero-order valence-corrected chi connectivity index (χ0v) is 19.3. The third-order valence-electron chi connectivity index (χ3n) is 6.83. The number of phenols is 1. The van der Waals surface area contributed by atoms with Crippen LogP contribution in [0.3, 0.4) is 0 Å². The lowest BCUT2D eigenvalue weighted by atomic mass is 9.94. The molecule has 2 saturated carbocycles. The van der Waals surface area contributed by atoms with Gasteiger partial charge in [0.2, 0.25) is 0 Å². The van der Waals surface area contributed by atoms with E-state index in [-0.39, 0.29) is 17.7 Å². The predicted octanol–water partition coefficient (Wildman–Crippen LogP) is 6.12. The van der Waals surface area contributed by atoms with E-state index < -0.39 is 0 Å². The van der Waals surface area contributed by atoms with Gasteiger partial charge in [-0.2, -0.15) is 0 Å². The normalized spacial score (nSPS) is 23.5. The lowest BCUT2D eigenvalue weighted by molar-refractivity contribution is -0.124. The summed E-state index contributed by atoms with van der Waals surface area (Å²) in [4.78, 5) is 21.5. The van der Waals surface area contributed by atoms with Crippen LogP contribution < -0.4 is 0 Å². The van der Waals surface area contributed by atoms with E-state index in [2.05, 4.69) is 0 Å². The summed E-state index contributed by atoms with van der Waals surface area (Å²) in [6, 6.07) is 11.8. The first-order chi connectivity index (χ1) is 15.7. The Bertz CT molecular complexity index is 1010. The second-order valence-corrected chi connectivity index (χ2v) is 10.1. The van der Waals surface area contributed by atoms with Crippen molar-refractivity contribution in [2.24, 2.45) is 4.99 Å². The van der Waals surface area contributed by atoms with Gasteiger partial charge < -0.3 is 9.67 Å². The molecule has 1 amide bonds. The molecule has 1 aliphatic heterocycles. The minimum Gasteiger partial charge on any atom is -0.508 e. The van der Waals surface area contributed by atoms with E-state index in [1.807, 2.05) is 46.0 Å². The molecule has 5 nitrogen and oxygen atoms in total. The highest BCUT2D eigenvalue weighted by Crippen LogP contribution is 2.38. The number of aromatic hydroxyl groups is 1. The van der Waals surface area contributed by atoms with Gasteiger partial charge in [-0.3, -0.25) is 14.7 Å². The highest BCUT2D eigenvalue weighted by atomic mass is 32.2. The Hall–Kier alpha value is -2.47. The van der Waals surface area contributed by atoms with E-state index in [1.54, 1.807) is 23.9 Å². The second kappa shape index (κ2) is 9.57. The standard InChI is InChI=1S/C26H31N3O2S/c30-23-15-13-20(14-16-23)28-17-7-12-22(28)18-24-25(31)29(21-10-5-2-6-11-21)26(32-24)27-19-8-3-1-4-9-19/h7,12-19,21,30H,1-6,8-11H2. The van der Waals surface area contributed by atoms with Crippen molar-refractivity contribution in [1.29, 1.82) is 0 Å². The molecule has 2 heterocycles. The molecule has 2 aliphatic carbocycles. The number of thioether (sulfide) groups is 1. The van der Waals surface area contributed by atoms with Crippen LogP contribution in [-0.2, 0) is 4.79 Å². The molecule has 1 saturated heterocycles. The Labute approximate surface area is 194 Å². The zero-order valence-electron chi connectivity index (χ0n) is 18.4. The molecule has 0 spiro atoms. The Balaban J connectivity index is 1.46. The number of carbonyl (C=O) groups excluding carboxylic acids is 1. The van der Waals surface area contributed by atoms with Crippen molar-refractivity contribution in [2.45, 2.75) is 76.3 Å². The molecule has 2 aromatic rings. The fraction of sp³-hybridized carbons (Fsp3) is 0.462. The molecule has 0 radical (unpaired) electrons. The number of hydrogen-bond donors (Lipinski definition) is 1. The Morgan fingerprint density at radius 3 is 2.34 bits per heavy atom. The quantitative estimate of drug-likeness (QED) is 0.572. The van der Waals surface area contributed by atoms with Crippen molar-refractivity contribution in [2.75, 3.05) is 0 Å². The van der Waals surface area contributed by atoms with E-state index in [0.29, 0.717) is 6.04 Å². The van der Waals surface area contributed by atoms with Crippen LogP contribution in [0.5, 0.6) is 5.75 Å². The summed E-state index contributed by atoms with van der Waals surface area (Å²) >= 11 is 1.55. The summed E-state index contributed by atoms with van der Waals surface area (Å²) < 4.78 is 2.04. The summed E-state index contributed by atoms with van der Waals surface area (Å²) in [6.45, 7) is 0. The number of hydrogen-bond acceptors (Lipinski definition) is 4. The minimum absolute atomic E-state index is 0.106. The first-order valence-corrected chi connectivity index (χ1v) is 12.8. The summed E-state index contributed by atoms with van der Waals surface area (Å²) in [5, 5.41) is 10.5. The predicted molar refractivity (Wildman–Crippen MR) is 131 cm³/mol. The van der Waals surface area contributed by atoms with Gasteiger partial charge in [0.1, 0.15) is 5.75 Å². The van der Waals surface area contributed by atoms with Crippen molar-refractivity contribution in [1.82, 2.24) is 9.47 Å². The maximum Gasteiger partial charge on any atom is 0.267 e. The molecular formula is C26H31N3O2S. The van der Waals surface area contributed by atoms with Crippen molar-refractivity contribution >= 4 is 28.9 Å². The van der Waals surface area contributed by atoms with E-state index >= 15 is 0 Å². The first-order valence-electron chi connectivity index (χ1n) is 12.0. The number of carbonyl (C=O) groups is 1. The van der Waals surface area contributed by atoms with Gasteiger partial charge in [-0.1, -0.05) is 38.5 Å². The van der Waals surface area contributed by atoms with E-state index in [9.17, 15) is 9.90 Å². The van der Waals surface area contributed by atoms with Crippen LogP contribution in [0.15, 0.2) is 52.5 Å². The van der Waals surface area contributed by atoms with Crippen LogP contribution in [0, 0.1) is 0 Å². The van der Waals surface area contributed by atoms with Gasteiger partial charge in [0.15, 0.2) is 5.17 Å². The number of rotatable bonds is 4. The van der Waals surface area contributed by atoms with Gasteiger partial charge in [-0.25, -0.2) is 0 Å². The van der Waals surface area contributed by atoms with Crippen molar-refractivity contribution < 1.29 is 9.90 Å². The number of nitrogens with zero attached hydrogens (tertiary/aromatic N) is 3. The second-order valence-electron chi connectivity index (χ2n) is 9.10. The number of amides is 1. The fourth-order valence-corrected chi connectivity index (χ4v) is 6.19. The molecule has 0 atom stereocenters. The van der Waals surface area contributed by atoms with Crippen LogP contribution >= 0.6 is 11.8 Å². The fourth-order valence-electron chi connectivity index (χ4n) is 5.10. The smallest absolute Gasteiger partial charge is 0.267 e. The van der Waals surface area contributed by atoms with Crippen LogP contribution in [0.1, 0.15) is 69.9 Å². The van der Waals surface area contributed by atoms with Crippen LogP contribution in [0.4, 0.5) is 0 Å². The molecule has 168 valence electrons. The number of benzene rings is 1. The number of amidine groups is 1. The van der Waals surface area contributed by atoms with Gasteiger partial charge in [0.25, 0.3) is 5.91 Å². The van der Waals surface area contributed by atoms with Crippen LogP contribution in [-0.4, -0.2) is 37.7 Å². The average Bonchev–Trinajstić information content (AvgIpc) is 3.40. The van der Waals surface area contributed by atoms with Gasteiger partial charge in [0, 0.05) is 23.6 Å². The minimum atomic E-state index is 0.106. The molecule has 32 heavy (non-hydrogen) atoms. The molecule has 0 bridgehead atoms. The summed E-state index contributed by atoms with van der Waals surface area (Å²) in [6.07, 6.45) is 15.9. The van der Waals surface area contributed by atoms with Crippen LogP contribution in [0.2, 0.25) is 0 Å². The lowest BCUT2D eigenvalue weighted by Gasteiger charge is -2.31. The molecule has 1 aromatic heterocycles. The third-order valence-corrected chi connectivity index (χ3v) is 7.83. The molecule has 1 aromatic carbocycles.